The van der Waals surface area contributed by atoms with Crippen molar-refractivity contribution in [3.8, 4) is 0 Å². The van der Waals surface area contributed by atoms with Crippen molar-refractivity contribution in [1.29, 1.82) is 0 Å². The molecule has 96 valence electrons. The molecule has 0 saturated carbocycles. The highest BCUT2D eigenvalue weighted by atomic mass is 16.4. The molecule has 8 nitrogen and oxygen atoms in total. The van der Waals surface area contributed by atoms with Crippen LogP contribution in [0.5, 0.6) is 0 Å². The van der Waals surface area contributed by atoms with E-state index in [1.807, 2.05) is 5.32 Å². The number of hydrogen-bond acceptors (Lipinski definition) is 4. The molecule has 1 fully saturated rings. The van der Waals surface area contributed by atoms with Gasteiger partial charge in [-0.25, -0.2) is 4.79 Å². The number of aliphatic hydroxyl groups excluding tert-OH is 1. The van der Waals surface area contributed by atoms with Crippen LogP contribution in [0.3, 0.4) is 0 Å². The van der Waals surface area contributed by atoms with E-state index < -0.39 is 30.1 Å². The number of carboxylic acid groups (broad SMARTS) is 1. The zero-order valence-corrected chi connectivity index (χ0v) is 9.05. The molecule has 1 aliphatic rings. The molecule has 0 bridgehead atoms. The van der Waals surface area contributed by atoms with Gasteiger partial charge < -0.3 is 26.6 Å². The summed E-state index contributed by atoms with van der Waals surface area (Å²) in [5, 5.41) is 22.6. The monoisotopic (exact) mass is 245 g/mol. The van der Waals surface area contributed by atoms with Crippen molar-refractivity contribution in [2.45, 2.75) is 25.0 Å². The van der Waals surface area contributed by atoms with E-state index in [1.165, 1.54) is 0 Å². The van der Waals surface area contributed by atoms with Gasteiger partial charge in [0.05, 0.1) is 6.04 Å². The van der Waals surface area contributed by atoms with Crippen LogP contribution in [0.1, 0.15) is 12.8 Å². The molecule has 0 aromatic rings. The van der Waals surface area contributed by atoms with Crippen molar-refractivity contribution < 1.29 is 24.6 Å². The Morgan fingerprint density at radius 2 is 2.24 bits per heavy atom. The number of nitrogens with two attached hydrogens (primary N) is 1. The maximum Gasteiger partial charge on any atom is 0.404 e. The number of aliphatic hydroxyl groups is 1. The molecule has 0 spiro atoms. The minimum absolute atomic E-state index is 0.0439. The molecule has 3 atom stereocenters. The van der Waals surface area contributed by atoms with Gasteiger partial charge in [0.2, 0.25) is 11.8 Å². The minimum atomic E-state index is -1.64. The van der Waals surface area contributed by atoms with Gasteiger partial charge in [0, 0.05) is 12.5 Å². The molecule has 17 heavy (non-hydrogen) atoms. The van der Waals surface area contributed by atoms with Crippen LogP contribution in [-0.4, -0.2) is 46.8 Å². The van der Waals surface area contributed by atoms with Crippen molar-refractivity contribution in [2.75, 3.05) is 6.54 Å². The van der Waals surface area contributed by atoms with Crippen molar-refractivity contribution >= 4 is 17.9 Å². The largest absolute Gasteiger partial charge is 0.465 e. The molecule has 0 aromatic heterocycles. The molecule has 3 amide bonds. The normalized spacial score (nSPS) is 22.6. The lowest BCUT2D eigenvalue weighted by molar-refractivity contribution is -0.129. The van der Waals surface area contributed by atoms with Crippen molar-refractivity contribution in [3.63, 3.8) is 0 Å². The third-order valence-electron chi connectivity index (χ3n) is 2.68. The first-order chi connectivity index (χ1) is 7.91. The summed E-state index contributed by atoms with van der Waals surface area (Å²) in [6, 6.07) is -1.07. The molecule has 1 saturated heterocycles. The molecular weight excluding hydrogens is 230 g/mol. The fourth-order valence-electron chi connectivity index (χ4n) is 1.80. The molecule has 1 rings (SSSR count). The summed E-state index contributed by atoms with van der Waals surface area (Å²) in [5.74, 6) is -1.65. The first kappa shape index (κ1) is 13.2. The third kappa shape index (κ3) is 3.59. The standard InChI is InChI=1S/C9H15N3O5/c10-7(14)6(13)5(12-9(16)17)3-4-1-2-11-8(4)15/h4-6,12-13H,1-3H2,(H2,10,14)(H,11,15)(H,16,17)/t4?,5-,6?/m0/s1. The highest BCUT2D eigenvalue weighted by Crippen LogP contribution is 2.17. The predicted octanol–water partition coefficient (Wildman–Crippen LogP) is -2.00. The van der Waals surface area contributed by atoms with Crippen LogP contribution in [0, 0.1) is 5.92 Å². The van der Waals surface area contributed by atoms with E-state index in [4.69, 9.17) is 10.8 Å². The second-order valence-electron chi connectivity index (χ2n) is 3.92. The van der Waals surface area contributed by atoms with Gasteiger partial charge in [-0.2, -0.15) is 0 Å². The number of primary amides is 1. The summed E-state index contributed by atoms with van der Waals surface area (Å²) in [4.78, 5) is 32.6. The SMILES string of the molecule is NC(=O)C(O)[C@H](CC1CCNC1=O)NC(=O)O. The molecule has 2 unspecified atom stereocenters. The van der Waals surface area contributed by atoms with Crippen molar-refractivity contribution in [1.82, 2.24) is 10.6 Å². The second kappa shape index (κ2) is 5.48. The third-order valence-corrected chi connectivity index (χ3v) is 2.68. The predicted molar refractivity (Wildman–Crippen MR) is 55.9 cm³/mol. The topological polar surface area (TPSA) is 142 Å². The van der Waals surface area contributed by atoms with Gasteiger partial charge in [-0.1, -0.05) is 0 Å². The van der Waals surface area contributed by atoms with Crippen LogP contribution >= 0.6 is 0 Å². The summed E-state index contributed by atoms with van der Waals surface area (Å²) in [6.45, 7) is 0.510. The zero-order valence-electron chi connectivity index (χ0n) is 9.05. The smallest absolute Gasteiger partial charge is 0.404 e. The molecule has 6 N–H and O–H groups in total. The Kier molecular flexibility index (Phi) is 4.27. The summed E-state index contributed by atoms with van der Waals surface area (Å²) in [7, 11) is 0. The van der Waals surface area contributed by atoms with Gasteiger partial charge in [0.25, 0.3) is 0 Å². The van der Waals surface area contributed by atoms with Gasteiger partial charge in [-0.3, -0.25) is 9.59 Å². The molecule has 1 aliphatic heterocycles. The minimum Gasteiger partial charge on any atom is -0.465 e. The highest BCUT2D eigenvalue weighted by Gasteiger charge is 2.33. The lowest BCUT2D eigenvalue weighted by atomic mass is 9.95. The van der Waals surface area contributed by atoms with Gasteiger partial charge in [0.15, 0.2) is 6.10 Å². The Bertz CT molecular complexity index is 333. The average molecular weight is 245 g/mol. The fourth-order valence-corrected chi connectivity index (χ4v) is 1.80. The first-order valence-corrected chi connectivity index (χ1v) is 5.16. The summed E-state index contributed by atoms with van der Waals surface area (Å²) < 4.78 is 0. The number of hydrogen-bond donors (Lipinski definition) is 5. The van der Waals surface area contributed by atoms with E-state index in [0.29, 0.717) is 13.0 Å². The molecule has 0 aliphatic carbocycles. The number of carbonyl (C=O) groups is 3. The Morgan fingerprint density at radius 3 is 2.65 bits per heavy atom. The Morgan fingerprint density at radius 1 is 1.59 bits per heavy atom. The first-order valence-electron chi connectivity index (χ1n) is 5.16. The second-order valence-corrected chi connectivity index (χ2v) is 3.92. The number of rotatable bonds is 5. The maximum atomic E-state index is 11.3. The van der Waals surface area contributed by atoms with E-state index in [2.05, 4.69) is 5.32 Å². The molecule has 0 radical (unpaired) electrons. The summed E-state index contributed by atoms with van der Waals surface area (Å²) in [6.07, 6.45) is -2.43. The number of amides is 3. The van der Waals surface area contributed by atoms with Crippen molar-refractivity contribution in [3.05, 3.63) is 0 Å². The highest BCUT2D eigenvalue weighted by molar-refractivity contribution is 5.82. The van der Waals surface area contributed by atoms with Crippen LogP contribution < -0.4 is 16.4 Å². The summed E-state index contributed by atoms with van der Waals surface area (Å²) in [5.41, 5.74) is 4.90. The van der Waals surface area contributed by atoms with Crippen LogP contribution in [0.4, 0.5) is 4.79 Å². The van der Waals surface area contributed by atoms with Crippen LogP contribution in [0.25, 0.3) is 0 Å². The molecule has 0 aromatic carbocycles. The van der Waals surface area contributed by atoms with Crippen LogP contribution in [0.15, 0.2) is 0 Å². The molecule has 1 heterocycles. The van der Waals surface area contributed by atoms with Gasteiger partial charge >= 0.3 is 6.09 Å². The average Bonchev–Trinajstić information content (AvgIpc) is 2.61. The Balaban J connectivity index is 2.65. The lowest BCUT2D eigenvalue weighted by Crippen LogP contribution is -2.50. The Hall–Kier alpha value is -1.83. The van der Waals surface area contributed by atoms with E-state index in [1.54, 1.807) is 0 Å². The zero-order chi connectivity index (χ0) is 13.0. The van der Waals surface area contributed by atoms with Crippen molar-refractivity contribution in [2.24, 2.45) is 11.7 Å². The number of carbonyl (C=O) groups excluding carboxylic acids is 2. The van der Waals surface area contributed by atoms with Gasteiger partial charge in [0.1, 0.15) is 0 Å². The van der Waals surface area contributed by atoms with E-state index >= 15 is 0 Å². The summed E-state index contributed by atoms with van der Waals surface area (Å²) >= 11 is 0. The van der Waals surface area contributed by atoms with Gasteiger partial charge in [-0.05, 0) is 12.8 Å². The maximum absolute atomic E-state index is 11.3. The molecule has 8 heteroatoms. The number of nitrogens with one attached hydrogen (secondary N) is 2. The van der Waals surface area contributed by atoms with Crippen LogP contribution in [-0.2, 0) is 9.59 Å². The Labute approximate surface area is 97.2 Å². The van der Waals surface area contributed by atoms with E-state index in [9.17, 15) is 19.5 Å². The van der Waals surface area contributed by atoms with Gasteiger partial charge in [-0.15, -0.1) is 0 Å². The van der Waals surface area contributed by atoms with E-state index in [0.717, 1.165) is 0 Å². The lowest BCUT2D eigenvalue weighted by Gasteiger charge is -2.22. The molecular formula is C9H15N3O5. The quantitative estimate of drug-likeness (QED) is 0.380. The van der Waals surface area contributed by atoms with Crippen LogP contribution in [0.2, 0.25) is 0 Å². The van der Waals surface area contributed by atoms with E-state index in [-0.39, 0.29) is 12.3 Å². The fraction of sp³-hybridized carbons (Fsp3) is 0.667.